The number of carbonyl (C=O) groups is 1. The van der Waals surface area contributed by atoms with Crippen molar-refractivity contribution in [3.8, 4) is 5.69 Å². The van der Waals surface area contributed by atoms with Crippen LogP contribution in [0.15, 0.2) is 54.7 Å². The Labute approximate surface area is 198 Å². The average Bonchev–Trinajstić information content (AvgIpc) is 3.30. The van der Waals surface area contributed by atoms with Gasteiger partial charge in [-0.15, -0.1) is 0 Å². The lowest BCUT2D eigenvalue weighted by Crippen LogP contribution is -2.31. The molecule has 0 spiro atoms. The summed E-state index contributed by atoms with van der Waals surface area (Å²) in [5.41, 5.74) is 4.29. The maximum absolute atomic E-state index is 14.7. The number of thiocarbonyl (C=S) groups is 1. The highest BCUT2D eigenvalue weighted by atomic mass is 32.1. The molecule has 6 nitrogen and oxygen atoms in total. The zero-order valence-corrected chi connectivity index (χ0v) is 19.7. The smallest absolute Gasteiger partial charge is 0.305 e. The second-order valence-electron chi connectivity index (χ2n) is 8.11. The van der Waals surface area contributed by atoms with Gasteiger partial charge < -0.3 is 19.5 Å². The standard InChI is InChI=1S/C25H27FN4O2S/c1-16-15-18(17(2)30(16)21-11-5-4-9-19(21)26)24-23(20-10-6-7-13-27-20)28-25(33)29(24)14-8-12-22(31)32-3/h4-7,9-11,13,15,23-24H,8,12,14H2,1-3H3,(H,28,33)/t23-,24-/m0/s1. The molecule has 1 aromatic carbocycles. The van der Waals surface area contributed by atoms with Crippen molar-refractivity contribution in [2.75, 3.05) is 13.7 Å². The van der Waals surface area contributed by atoms with Gasteiger partial charge in [0, 0.05) is 30.6 Å². The van der Waals surface area contributed by atoms with E-state index < -0.39 is 0 Å². The third kappa shape index (κ3) is 4.48. The first-order valence-electron chi connectivity index (χ1n) is 10.9. The van der Waals surface area contributed by atoms with Crippen molar-refractivity contribution in [2.24, 2.45) is 0 Å². The highest BCUT2D eigenvalue weighted by Crippen LogP contribution is 2.41. The molecule has 0 unspecified atom stereocenters. The van der Waals surface area contributed by atoms with E-state index in [-0.39, 0.29) is 23.9 Å². The van der Waals surface area contributed by atoms with Gasteiger partial charge in [0.2, 0.25) is 0 Å². The number of pyridine rings is 1. The van der Waals surface area contributed by atoms with E-state index in [0.717, 1.165) is 22.6 Å². The molecule has 3 aromatic rings. The zero-order chi connectivity index (χ0) is 23.5. The fourth-order valence-corrected chi connectivity index (χ4v) is 4.90. The summed E-state index contributed by atoms with van der Waals surface area (Å²) in [7, 11) is 1.39. The number of carbonyl (C=O) groups excluding carboxylic acids is 1. The minimum Gasteiger partial charge on any atom is -0.469 e. The number of para-hydroxylation sites is 1. The van der Waals surface area contributed by atoms with E-state index in [4.69, 9.17) is 17.0 Å². The summed E-state index contributed by atoms with van der Waals surface area (Å²) in [5, 5.41) is 4.03. The van der Waals surface area contributed by atoms with E-state index >= 15 is 0 Å². The first kappa shape index (κ1) is 22.9. The number of aryl methyl sites for hydroxylation is 1. The van der Waals surface area contributed by atoms with Gasteiger partial charge in [-0.1, -0.05) is 18.2 Å². The van der Waals surface area contributed by atoms with Crippen LogP contribution in [-0.2, 0) is 9.53 Å². The average molecular weight is 467 g/mol. The second kappa shape index (κ2) is 9.70. The minimum atomic E-state index is -0.276. The molecule has 3 heterocycles. The Morgan fingerprint density at radius 1 is 1.21 bits per heavy atom. The highest BCUT2D eigenvalue weighted by Gasteiger charge is 2.41. The second-order valence-corrected chi connectivity index (χ2v) is 8.50. The van der Waals surface area contributed by atoms with Gasteiger partial charge in [-0.05, 0) is 68.4 Å². The van der Waals surface area contributed by atoms with Crippen LogP contribution in [0.2, 0.25) is 0 Å². The summed E-state index contributed by atoms with van der Waals surface area (Å²) in [6.45, 7) is 4.55. The van der Waals surface area contributed by atoms with E-state index in [9.17, 15) is 9.18 Å². The Bertz CT molecular complexity index is 1160. The van der Waals surface area contributed by atoms with Crippen LogP contribution in [0, 0.1) is 19.7 Å². The highest BCUT2D eigenvalue weighted by molar-refractivity contribution is 7.80. The lowest BCUT2D eigenvalue weighted by Gasteiger charge is -2.28. The summed E-state index contributed by atoms with van der Waals surface area (Å²) in [6.07, 6.45) is 2.68. The molecule has 1 saturated heterocycles. The van der Waals surface area contributed by atoms with Crippen LogP contribution in [0.25, 0.3) is 5.69 Å². The lowest BCUT2D eigenvalue weighted by atomic mass is 9.96. The van der Waals surface area contributed by atoms with Gasteiger partial charge in [-0.3, -0.25) is 9.78 Å². The van der Waals surface area contributed by atoms with E-state index in [0.29, 0.717) is 30.2 Å². The van der Waals surface area contributed by atoms with Crippen molar-refractivity contribution in [1.29, 1.82) is 0 Å². The van der Waals surface area contributed by atoms with Crippen molar-refractivity contribution in [3.05, 3.63) is 83.2 Å². The number of aromatic nitrogens is 2. The molecule has 0 saturated carbocycles. The molecular weight excluding hydrogens is 439 g/mol. The predicted molar refractivity (Wildman–Crippen MR) is 129 cm³/mol. The summed E-state index contributed by atoms with van der Waals surface area (Å²) >= 11 is 5.70. The van der Waals surface area contributed by atoms with Crippen molar-refractivity contribution in [1.82, 2.24) is 19.8 Å². The minimum absolute atomic E-state index is 0.156. The Balaban J connectivity index is 1.76. The van der Waals surface area contributed by atoms with Gasteiger partial charge in [0.05, 0.1) is 30.6 Å². The number of rotatable bonds is 7. The van der Waals surface area contributed by atoms with Crippen LogP contribution in [0.5, 0.6) is 0 Å². The third-order valence-corrected chi connectivity index (χ3v) is 6.44. The van der Waals surface area contributed by atoms with Crippen LogP contribution in [-0.4, -0.2) is 39.2 Å². The summed E-state index contributed by atoms with van der Waals surface area (Å²) < 4.78 is 21.4. The number of hydrogen-bond donors (Lipinski definition) is 1. The Morgan fingerprint density at radius 3 is 2.67 bits per heavy atom. The van der Waals surface area contributed by atoms with E-state index in [1.54, 1.807) is 18.3 Å². The quantitative estimate of drug-likeness (QED) is 0.407. The molecule has 1 aliphatic heterocycles. The van der Waals surface area contributed by atoms with Crippen molar-refractivity contribution in [2.45, 2.75) is 38.8 Å². The molecule has 8 heteroatoms. The molecule has 0 amide bonds. The van der Waals surface area contributed by atoms with Crippen LogP contribution in [0.3, 0.4) is 0 Å². The molecule has 2 aromatic heterocycles. The molecule has 1 aliphatic rings. The normalized spacial score (nSPS) is 17.8. The molecule has 0 radical (unpaired) electrons. The molecular formula is C25H27FN4O2S. The molecule has 2 atom stereocenters. The SMILES string of the molecule is COC(=O)CCCN1C(=S)N[C@@H](c2ccccn2)[C@@H]1c1cc(C)n(-c2ccccc2F)c1C. The van der Waals surface area contributed by atoms with E-state index in [1.807, 2.05) is 42.7 Å². The van der Waals surface area contributed by atoms with Gasteiger partial charge in [0.1, 0.15) is 5.82 Å². The van der Waals surface area contributed by atoms with Crippen molar-refractivity contribution in [3.63, 3.8) is 0 Å². The Morgan fingerprint density at radius 2 is 1.97 bits per heavy atom. The molecule has 0 bridgehead atoms. The summed E-state index contributed by atoms with van der Waals surface area (Å²) in [5.74, 6) is -0.522. The molecule has 33 heavy (non-hydrogen) atoms. The lowest BCUT2D eigenvalue weighted by molar-refractivity contribution is -0.140. The van der Waals surface area contributed by atoms with Crippen LogP contribution >= 0.6 is 12.2 Å². The number of hydrogen-bond acceptors (Lipinski definition) is 4. The zero-order valence-electron chi connectivity index (χ0n) is 18.9. The maximum Gasteiger partial charge on any atom is 0.305 e. The Hall–Kier alpha value is -3.26. The van der Waals surface area contributed by atoms with Gasteiger partial charge in [0.15, 0.2) is 5.11 Å². The topological polar surface area (TPSA) is 59.4 Å². The number of benzene rings is 1. The van der Waals surface area contributed by atoms with Gasteiger partial charge >= 0.3 is 5.97 Å². The van der Waals surface area contributed by atoms with Gasteiger partial charge in [0.25, 0.3) is 0 Å². The number of esters is 1. The molecule has 1 fully saturated rings. The number of ether oxygens (including phenoxy) is 1. The first-order valence-corrected chi connectivity index (χ1v) is 11.3. The van der Waals surface area contributed by atoms with Crippen LogP contribution in [0.1, 0.15) is 47.6 Å². The van der Waals surface area contributed by atoms with Gasteiger partial charge in [-0.25, -0.2) is 4.39 Å². The fraction of sp³-hybridized carbons (Fsp3) is 0.320. The van der Waals surface area contributed by atoms with Crippen LogP contribution < -0.4 is 5.32 Å². The molecule has 1 N–H and O–H groups in total. The predicted octanol–water partition coefficient (Wildman–Crippen LogP) is 4.55. The third-order valence-electron chi connectivity index (χ3n) is 6.09. The number of nitrogens with one attached hydrogen (secondary N) is 1. The first-order chi connectivity index (χ1) is 15.9. The van der Waals surface area contributed by atoms with E-state index in [1.165, 1.54) is 13.2 Å². The largest absolute Gasteiger partial charge is 0.469 e. The van der Waals surface area contributed by atoms with Crippen molar-refractivity contribution >= 4 is 23.3 Å². The van der Waals surface area contributed by atoms with Crippen LogP contribution in [0.4, 0.5) is 4.39 Å². The Kier molecular flexibility index (Phi) is 6.74. The van der Waals surface area contributed by atoms with Gasteiger partial charge in [-0.2, -0.15) is 0 Å². The number of nitrogens with zero attached hydrogens (tertiary/aromatic N) is 3. The van der Waals surface area contributed by atoms with E-state index in [2.05, 4.69) is 21.3 Å². The van der Waals surface area contributed by atoms with Crippen molar-refractivity contribution < 1.29 is 13.9 Å². The summed E-state index contributed by atoms with van der Waals surface area (Å²) in [4.78, 5) is 18.3. The molecule has 0 aliphatic carbocycles. The fourth-order valence-electron chi connectivity index (χ4n) is 4.57. The number of methoxy groups -OCH3 is 1. The molecule has 172 valence electrons. The summed E-state index contributed by atoms with van der Waals surface area (Å²) in [6, 6.07) is 14.3. The monoisotopic (exact) mass is 466 g/mol. The molecule has 4 rings (SSSR count). The number of halogens is 1. The maximum atomic E-state index is 14.7.